The van der Waals surface area contributed by atoms with Crippen LogP contribution in [0, 0.1) is 0 Å². The molecule has 126 valence electrons. The standard InChI is InChI=1S/C20H24N2O2/c1-4-16-7-6-8-17(5-2)19(16)22-20(24)18-11-9-15(10-12-18)13-21-14(3)23/h6-12H,4-5,13H2,1-3H3,(H,21,23)(H,22,24). The first kappa shape index (κ1) is 17.7. The number of rotatable bonds is 6. The van der Waals surface area contributed by atoms with E-state index in [1.165, 1.54) is 6.92 Å². The van der Waals surface area contributed by atoms with Crippen molar-refractivity contribution >= 4 is 17.5 Å². The number of para-hydroxylation sites is 1. The van der Waals surface area contributed by atoms with Crippen molar-refractivity contribution in [2.24, 2.45) is 0 Å². The summed E-state index contributed by atoms with van der Waals surface area (Å²) in [5.41, 5.74) is 4.78. The highest BCUT2D eigenvalue weighted by Gasteiger charge is 2.11. The Labute approximate surface area is 143 Å². The zero-order valence-corrected chi connectivity index (χ0v) is 14.5. The van der Waals surface area contributed by atoms with Crippen LogP contribution in [0.15, 0.2) is 42.5 Å². The second-order valence-electron chi connectivity index (χ2n) is 5.72. The van der Waals surface area contributed by atoms with Crippen LogP contribution in [0.5, 0.6) is 0 Å². The van der Waals surface area contributed by atoms with Crippen molar-refractivity contribution in [1.29, 1.82) is 0 Å². The van der Waals surface area contributed by atoms with Gasteiger partial charge in [-0.1, -0.05) is 44.2 Å². The Morgan fingerprint density at radius 1 is 0.917 bits per heavy atom. The molecule has 0 radical (unpaired) electrons. The third-order valence-electron chi connectivity index (χ3n) is 3.99. The number of aryl methyl sites for hydroxylation is 2. The van der Waals surface area contributed by atoms with Crippen LogP contribution < -0.4 is 10.6 Å². The summed E-state index contributed by atoms with van der Waals surface area (Å²) < 4.78 is 0. The number of nitrogens with one attached hydrogen (secondary N) is 2. The van der Waals surface area contributed by atoms with Crippen LogP contribution in [-0.2, 0) is 24.2 Å². The quantitative estimate of drug-likeness (QED) is 0.851. The highest BCUT2D eigenvalue weighted by molar-refractivity contribution is 6.05. The van der Waals surface area contributed by atoms with Gasteiger partial charge in [-0.3, -0.25) is 9.59 Å². The van der Waals surface area contributed by atoms with E-state index >= 15 is 0 Å². The Bertz CT molecular complexity index is 699. The highest BCUT2D eigenvalue weighted by atomic mass is 16.2. The maximum Gasteiger partial charge on any atom is 0.255 e. The molecule has 0 bridgehead atoms. The predicted octanol–water partition coefficient (Wildman–Crippen LogP) is 3.70. The lowest BCUT2D eigenvalue weighted by Gasteiger charge is -2.14. The molecule has 0 heterocycles. The summed E-state index contributed by atoms with van der Waals surface area (Å²) in [6.07, 6.45) is 1.75. The Hall–Kier alpha value is -2.62. The Morgan fingerprint density at radius 2 is 1.50 bits per heavy atom. The summed E-state index contributed by atoms with van der Waals surface area (Å²) in [4.78, 5) is 23.5. The van der Waals surface area contributed by atoms with Crippen molar-refractivity contribution < 1.29 is 9.59 Å². The molecule has 0 spiro atoms. The van der Waals surface area contributed by atoms with Crippen LogP contribution in [0.2, 0.25) is 0 Å². The monoisotopic (exact) mass is 324 g/mol. The first-order valence-corrected chi connectivity index (χ1v) is 8.30. The molecule has 0 fully saturated rings. The van der Waals surface area contributed by atoms with Gasteiger partial charge in [-0.15, -0.1) is 0 Å². The lowest BCUT2D eigenvalue weighted by atomic mass is 10.0. The number of carbonyl (C=O) groups is 2. The van der Waals surface area contributed by atoms with E-state index in [9.17, 15) is 9.59 Å². The van der Waals surface area contributed by atoms with Crippen LogP contribution in [0.1, 0.15) is 47.8 Å². The minimum Gasteiger partial charge on any atom is -0.352 e. The van der Waals surface area contributed by atoms with E-state index in [2.05, 4.69) is 24.5 Å². The summed E-state index contributed by atoms with van der Waals surface area (Å²) in [6.45, 7) is 6.12. The number of amides is 2. The van der Waals surface area contributed by atoms with E-state index in [4.69, 9.17) is 0 Å². The molecule has 2 rings (SSSR count). The van der Waals surface area contributed by atoms with Gasteiger partial charge in [0.15, 0.2) is 0 Å². The van der Waals surface area contributed by atoms with Gasteiger partial charge < -0.3 is 10.6 Å². The fraction of sp³-hybridized carbons (Fsp3) is 0.300. The van der Waals surface area contributed by atoms with E-state index in [1.54, 1.807) is 12.1 Å². The van der Waals surface area contributed by atoms with Gasteiger partial charge in [0.1, 0.15) is 0 Å². The predicted molar refractivity (Wildman–Crippen MR) is 97.1 cm³/mol. The third-order valence-corrected chi connectivity index (χ3v) is 3.99. The van der Waals surface area contributed by atoms with E-state index in [0.29, 0.717) is 12.1 Å². The summed E-state index contributed by atoms with van der Waals surface area (Å²) in [7, 11) is 0. The summed E-state index contributed by atoms with van der Waals surface area (Å²) >= 11 is 0. The molecule has 0 atom stereocenters. The van der Waals surface area contributed by atoms with Gasteiger partial charge in [0.05, 0.1) is 0 Å². The molecular formula is C20H24N2O2. The maximum absolute atomic E-state index is 12.5. The molecule has 2 aromatic carbocycles. The second-order valence-corrected chi connectivity index (χ2v) is 5.72. The van der Waals surface area contributed by atoms with Crippen LogP contribution in [0.4, 0.5) is 5.69 Å². The minimum absolute atomic E-state index is 0.0694. The van der Waals surface area contributed by atoms with Gasteiger partial charge >= 0.3 is 0 Å². The minimum atomic E-state index is -0.114. The molecule has 2 amide bonds. The zero-order chi connectivity index (χ0) is 17.5. The number of anilines is 1. The van der Waals surface area contributed by atoms with E-state index in [1.807, 2.05) is 30.3 Å². The van der Waals surface area contributed by atoms with Crippen molar-refractivity contribution in [3.8, 4) is 0 Å². The SMILES string of the molecule is CCc1cccc(CC)c1NC(=O)c1ccc(CNC(C)=O)cc1. The van der Waals surface area contributed by atoms with Crippen LogP contribution >= 0.6 is 0 Å². The molecule has 4 heteroatoms. The maximum atomic E-state index is 12.5. The first-order chi connectivity index (χ1) is 11.5. The largest absolute Gasteiger partial charge is 0.352 e. The molecule has 0 unspecified atom stereocenters. The third kappa shape index (κ3) is 4.44. The van der Waals surface area contributed by atoms with Crippen LogP contribution in [-0.4, -0.2) is 11.8 Å². The van der Waals surface area contributed by atoms with Gasteiger partial charge in [-0.2, -0.15) is 0 Å². The summed E-state index contributed by atoms with van der Waals surface area (Å²) in [5.74, 6) is -0.184. The summed E-state index contributed by atoms with van der Waals surface area (Å²) in [5, 5.41) is 5.80. The fourth-order valence-corrected chi connectivity index (χ4v) is 2.59. The zero-order valence-electron chi connectivity index (χ0n) is 14.5. The van der Waals surface area contributed by atoms with Gasteiger partial charge in [0.25, 0.3) is 5.91 Å². The highest BCUT2D eigenvalue weighted by Crippen LogP contribution is 2.23. The first-order valence-electron chi connectivity index (χ1n) is 8.30. The van der Waals surface area contributed by atoms with Crippen molar-refractivity contribution in [3.05, 3.63) is 64.7 Å². The number of hydrogen-bond acceptors (Lipinski definition) is 2. The van der Waals surface area contributed by atoms with E-state index in [0.717, 1.165) is 35.2 Å². The Morgan fingerprint density at radius 3 is 2.00 bits per heavy atom. The van der Waals surface area contributed by atoms with E-state index in [-0.39, 0.29) is 11.8 Å². The van der Waals surface area contributed by atoms with Crippen molar-refractivity contribution in [3.63, 3.8) is 0 Å². The lowest BCUT2D eigenvalue weighted by molar-refractivity contribution is -0.119. The van der Waals surface area contributed by atoms with Crippen molar-refractivity contribution in [2.45, 2.75) is 40.2 Å². The normalized spacial score (nSPS) is 10.3. The van der Waals surface area contributed by atoms with E-state index < -0.39 is 0 Å². The fourth-order valence-electron chi connectivity index (χ4n) is 2.59. The van der Waals surface area contributed by atoms with Gasteiger partial charge in [-0.25, -0.2) is 0 Å². The molecule has 0 saturated carbocycles. The molecule has 0 aliphatic carbocycles. The lowest BCUT2D eigenvalue weighted by Crippen LogP contribution is -2.19. The van der Waals surface area contributed by atoms with Crippen molar-refractivity contribution in [2.75, 3.05) is 5.32 Å². The number of benzene rings is 2. The number of carbonyl (C=O) groups excluding carboxylic acids is 2. The average Bonchev–Trinajstić information content (AvgIpc) is 2.60. The molecule has 24 heavy (non-hydrogen) atoms. The molecule has 0 aromatic heterocycles. The van der Waals surface area contributed by atoms with Crippen LogP contribution in [0.25, 0.3) is 0 Å². The topological polar surface area (TPSA) is 58.2 Å². The Balaban J connectivity index is 2.14. The van der Waals surface area contributed by atoms with Crippen molar-refractivity contribution in [1.82, 2.24) is 5.32 Å². The second kappa shape index (κ2) is 8.29. The molecular weight excluding hydrogens is 300 g/mol. The van der Waals surface area contributed by atoms with Crippen LogP contribution in [0.3, 0.4) is 0 Å². The Kier molecular flexibility index (Phi) is 6.13. The number of hydrogen-bond donors (Lipinski definition) is 2. The average molecular weight is 324 g/mol. The smallest absolute Gasteiger partial charge is 0.255 e. The van der Waals surface area contributed by atoms with Gasteiger partial charge in [0.2, 0.25) is 5.91 Å². The summed E-state index contributed by atoms with van der Waals surface area (Å²) in [6, 6.07) is 13.4. The van der Waals surface area contributed by atoms with Gasteiger partial charge in [-0.05, 0) is 41.7 Å². The molecule has 0 aliphatic rings. The molecule has 2 aromatic rings. The molecule has 0 saturated heterocycles. The molecule has 2 N–H and O–H groups in total. The molecule has 0 aliphatic heterocycles. The van der Waals surface area contributed by atoms with Gasteiger partial charge in [0, 0.05) is 24.7 Å². The molecule has 4 nitrogen and oxygen atoms in total.